The van der Waals surface area contributed by atoms with E-state index in [1.807, 2.05) is 6.92 Å². The minimum atomic E-state index is -0.714. The summed E-state index contributed by atoms with van der Waals surface area (Å²) in [4.78, 5) is 35.7. The van der Waals surface area contributed by atoms with Crippen molar-refractivity contribution in [3.63, 3.8) is 0 Å². The van der Waals surface area contributed by atoms with Gasteiger partial charge in [0.2, 0.25) is 11.7 Å². The lowest BCUT2D eigenvalue weighted by atomic mass is 9.71. The second-order valence-corrected chi connectivity index (χ2v) is 9.07. The van der Waals surface area contributed by atoms with Crippen molar-refractivity contribution in [3.8, 4) is 17.2 Å². The molecule has 2 heterocycles. The molecule has 1 N–H and O–H groups in total. The van der Waals surface area contributed by atoms with Crippen molar-refractivity contribution in [1.29, 1.82) is 0 Å². The Hall–Kier alpha value is -3.20. The standard InChI is InChI=1S/C25H26BrN3O5/c1-13-21(25(31)29-20-9-8-15(26)12-27-20)22(23-16(28-13)6-5-7-17(23)30)14-10-18(32-2)24(34-4)19(11-14)33-3/h8-12,21-22H,5-7H2,1-4H3,(H,27,29,31). The molecule has 1 aromatic carbocycles. The molecule has 1 aliphatic carbocycles. The number of hydrogen-bond donors (Lipinski definition) is 1. The fourth-order valence-corrected chi connectivity index (χ4v) is 4.88. The van der Waals surface area contributed by atoms with Gasteiger partial charge in [-0.05, 0) is 65.5 Å². The number of hydrogen-bond acceptors (Lipinski definition) is 7. The monoisotopic (exact) mass is 527 g/mol. The largest absolute Gasteiger partial charge is 0.493 e. The number of benzene rings is 1. The lowest BCUT2D eigenvalue weighted by Gasteiger charge is -2.35. The Kier molecular flexibility index (Phi) is 7.02. The van der Waals surface area contributed by atoms with Gasteiger partial charge < -0.3 is 19.5 Å². The second-order valence-electron chi connectivity index (χ2n) is 8.16. The van der Waals surface area contributed by atoms with Crippen molar-refractivity contribution < 1.29 is 23.8 Å². The number of rotatable bonds is 6. The second kappa shape index (κ2) is 9.97. The van der Waals surface area contributed by atoms with E-state index in [9.17, 15) is 9.59 Å². The van der Waals surface area contributed by atoms with Gasteiger partial charge in [0.1, 0.15) is 5.82 Å². The predicted molar refractivity (Wildman–Crippen MR) is 132 cm³/mol. The maximum Gasteiger partial charge on any atom is 0.235 e. The molecule has 0 saturated carbocycles. The molecule has 0 bridgehead atoms. The van der Waals surface area contributed by atoms with Gasteiger partial charge in [0.05, 0.1) is 27.2 Å². The van der Waals surface area contributed by atoms with Crippen LogP contribution in [-0.4, -0.2) is 43.7 Å². The fraction of sp³-hybridized carbons (Fsp3) is 0.360. The number of aromatic nitrogens is 1. The van der Waals surface area contributed by atoms with E-state index < -0.39 is 11.8 Å². The van der Waals surface area contributed by atoms with Gasteiger partial charge in [-0.1, -0.05) is 0 Å². The highest BCUT2D eigenvalue weighted by atomic mass is 79.9. The number of pyridine rings is 1. The van der Waals surface area contributed by atoms with Gasteiger partial charge in [0.25, 0.3) is 0 Å². The Labute approximate surface area is 206 Å². The maximum atomic E-state index is 13.6. The average Bonchev–Trinajstić information content (AvgIpc) is 2.83. The Bertz CT molecular complexity index is 1160. The number of aliphatic imine (C=N–C) groups is 1. The Morgan fingerprint density at radius 2 is 1.79 bits per heavy atom. The number of allylic oxidation sites excluding steroid dienone is 2. The molecule has 0 fully saturated rings. The first-order valence-electron chi connectivity index (χ1n) is 10.9. The number of Topliss-reactive ketones (excluding diaryl/α,β-unsaturated/α-hetero) is 1. The third-order valence-electron chi connectivity index (χ3n) is 6.14. The highest BCUT2D eigenvalue weighted by Crippen LogP contribution is 2.47. The highest BCUT2D eigenvalue weighted by molar-refractivity contribution is 9.10. The van der Waals surface area contributed by atoms with E-state index in [0.717, 1.165) is 22.2 Å². The Morgan fingerprint density at radius 1 is 1.09 bits per heavy atom. The average molecular weight is 528 g/mol. The van der Waals surface area contributed by atoms with Crippen LogP contribution in [0, 0.1) is 5.92 Å². The van der Waals surface area contributed by atoms with Gasteiger partial charge in [0, 0.05) is 40.0 Å². The molecule has 0 radical (unpaired) electrons. The van der Waals surface area contributed by atoms with Crippen molar-refractivity contribution in [2.24, 2.45) is 10.9 Å². The molecule has 2 aliphatic rings. The maximum absolute atomic E-state index is 13.6. The lowest BCUT2D eigenvalue weighted by Crippen LogP contribution is -2.39. The summed E-state index contributed by atoms with van der Waals surface area (Å²) in [6.45, 7) is 1.83. The molecule has 9 heteroatoms. The fourth-order valence-electron chi connectivity index (χ4n) is 4.64. The van der Waals surface area contributed by atoms with E-state index in [2.05, 4.69) is 26.2 Å². The molecular formula is C25H26BrN3O5. The SMILES string of the molecule is COc1cc(C2C3=C(CCCC3=O)N=C(C)C2C(=O)Nc2ccc(Br)cn2)cc(OC)c1OC. The van der Waals surface area contributed by atoms with Crippen molar-refractivity contribution in [2.75, 3.05) is 26.6 Å². The van der Waals surface area contributed by atoms with Crippen LogP contribution in [0.1, 0.15) is 37.7 Å². The van der Waals surface area contributed by atoms with Crippen LogP contribution in [0.4, 0.5) is 5.82 Å². The van der Waals surface area contributed by atoms with Gasteiger partial charge >= 0.3 is 0 Å². The van der Waals surface area contributed by atoms with Gasteiger partial charge in [-0.3, -0.25) is 14.6 Å². The number of ketones is 1. The molecule has 2 atom stereocenters. The molecule has 8 nitrogen and oxygen atoms in total. The summed E-state index contributed by atoms with van der Waals surface area (Å²) in [5.74, 6) is 0.222. The first kappa shape index (κ1) is 23.9. The number of anilines is 1. The van der Waals surface area contributed by atoms with Crippen LogP contribution in [0.15, 0.2) is 51.2 Å². The summed E-state index contributed by atoms with van der Waals surface area (Å²) in [5, 5.41) is 2.89. The normalized spacial score (nSPS) is 19.8. The summed E-state index contributed by atoms with van der Waals surface area (Å²) in [7, 11) is 4.60. The molecule has 0 saturated heterocycles. The summed E-state index contributed by atoms with van der Waals surface area (Å²) in [5.41, 5.74) is 2.69. The van der Waals surface area contributed by atoms with E-state index in [4.69, 9.17) is 19.2 Å². The molecule has 2 unspecified atom stereocenters. The van der Waals surface area contributed by atoms with E-state index in [1.165, 1.54) is 21.3 Å². The van der Waals surface area contributed by atoms with E-state index in [0.29, 0.717) is 47.2 Å². The minimum absolute atomic E-state index is 0.0100. The van der Waals surface area contributed by atoms with Crippen LogP contribution in [0.5, 0.6) is 17.2 Å². The summed E-state index contributed by atoms with van der Waals surface area (Å²) in [6.07, 6.45) is 3.48. The quantitative estimate of drug-likeness (QED) is 0.584. The molecule has 34 heavy (non-hydrogen) atoms. The third-order valence-corrected chi connectivity index (χ3v) is 6.61. The number of ether oxygens (including phenoxy) is 3. The van der Waals surface area contributed by atoms with Gasteiger partial charge in [-0.25, -0.2) is 4.98 Å². The Morgan fingerprint density at radius 3 is 2.38 bits per heavy atom. The van der Waals surface area contributed by atoms with Crippen LogP contribution in [0.3, 0.4) is 0 Å². The van der Waals surface area contributed by atoms with Crippen molar-refractivity contribution >= 4 is 39.1 Å². The number of nitrogens with one attached hydrogen (secondary N) is 1. The molecule has 0 spiro atoms. The van der Waals surface area contributed by atoms with Crippen molar-refractivity contribution in [1.82, 2.24) is 4.98 Å². The number of carbonyl (C=O) groups is 2. The van der Waals surface area contributed by atoms with Crippen LogP contribution in [0.25, 0.3) is 0 Å². The highest BCUT2D eigenvalue weighted by Gasteiger charge is 2.43. The summed E-state index contributed by atoms with van der Waals surface area (Å²) < 4.78 is 17.4. The molecule has 4 rings (SSSR count). The minimum Gasteiger partial charge on any atom is -0.493 e. The zero-order valence-corrected chi connectivity index (χ0v) is 21.1. The predicted octanol–water partition coefficient (Wildman–Crippen LogP) is 4.69. The van der Waals surface area contributed by atoms with Crippen LogP contribution < -0.4 is 19.5 Å². The first-order chi connectivity index (χ1) is 16.4. The molecule has 2 aromatic rings. The number of amides is 1. The number of carbonyl (C=O) groups excluding carboxylic acids is 2. The van der Waals surface area contributed by atoms with Crippen LogP contribution >= 0.6 is 15.9 Å². The van der Waals surface area contributed by atoms with Crippen molar-refractivity contribution in [2.45, 2.75) is 32.1 Å². The molecule has 178 valence electrons. The number of methoxy groups -OCH3 is 3. The molecular weight excluding hydrogens is 502 g/mol. The smallest absolute Gasteiger partial charge is 0.235 e. The zero-order valence-electron chi connectivity index (χ0n) is 19.5. The number of nitrogens with zero attached hydrogens (tertiary/aromatic N) is 2. The van der Waals surface area contributed by atoms with E-state index in [1.54, 1.807) is 30.5 Å². The van der Waals surface area contributed by atoms with Gasteiger partial charge in [0.15, 0.2) is 17.3 Å². The molecule has 1 amide bonds. The Balaban J connectivity index is 1.85. The summed E-state index contributed by atoms with van der Waals surface area (Å²) in [6, 6.07) is 7.11. The summed E-state index contributed by atoms with van der Waals surface area (Å²) >= 11 is 3.35. The topological polar surface area (TPSA) is 99.1 Å². The van der Waals surface area contributed by atoms with Crippen LogP contribution in [-0.2, 0) is 9.59 Å². The number of halogens is 1. The third kappa shape index (κ3) is 4.44. The first-order valence-corrected chi connectivity index (χ1v) is 11.7. The zero-order chi connectivity index (χ0) is 24.4. The van der Waals surface area contributed by atoms with Crippen LogP contribution in [0.2, 0.25) is 0 Å². The van der Waals surface area contributed by atoms with Gasteiger partial charge in [-0.15, -0.1) is 0 Å². The van der Waals surface area contributed by atoms with E-state index >= 15 is 0 Å². The van der Waals surface area contributed by atoms with Crippen molar-refractivity contribution in [3.05, 3.63) is 51.8 Å². The molecule has 1 aromatic heterocycles. The molecule has 1 aliphatic heterocycles. The van der Waals surface area contributed by atoms with Gasteiger partial charge in [-0.2, -0.15) is 0 Å². The van der Waals surface area contributed by atoms with E-state index in [-0.39, 0.29) is 11.7 Å². The lowest BCUT2D eigenvalue weighted by molar-refractivity contribution is -0.119.